The highest BCUT2D eigenvalue weighted by Crippen LogP contribution is 2.25. The first-order chi connectivity index (χ1) is 13.7. The number of anilines is 1. The van der Waals surface area contributed by atoms with Gasteiger partial charge < -0.3 is 13.9 Å². The number of ether oxygens (including phenoxy) is 2. The van der Waals surface area contributed by atoms with Gasteiger partial charge in [0, 0.05) is 19.2 Å². The zero-order chi connectivity index (χ0) is 19.3. The molecule has 0 radical (unpaired) electrons. The van der Waals surface area contributed by atoms with E-state index < -0.39 is 5.91 Å². The van der Waals surface area contributed by atoms with Crippen LogP contribution in [0.25, 0.3) is 10.2 Å². The first-order valence-electron chi connectivity index (χ1n) is 8.87. The normalized spacial score (nSPS) is 14.9. The second kappa shape index (κ2) is 8.51. The van der Waals surface area contributed by atoms with Gasteiger partial charge in [-0.3, -0.25) is 19.8 Å². The summed E-state index contributed by atoms with van der Waals surface area (Å²) in [6.45, 7) is 3.19. The van der Waals surface area contributed by atoms with Crippen molar-refractivity contribution in [3.63, 3.8) is 0 Å². The molecule has 1 saturated heterocycles. The van der Waals surface area contributed by atoms with Crippen LogP contribution in [0.2, 0.25) is 0 Å². The Hall–Kier alpha value is -2.75. The molecule has 2 aromatic heterocycles. The van der Waals surface area contributed by atoms with Crippen LogP contribution >= 0.6 is 11.3 Å². The van der Waals surface area contributed by atoms with Gasteiger partial charge in [0.05, 0.1) is 30.0 Å². The summed E-state index contributed by atoms with van der Waals surface area (Å²) in [4.78, 5) is 30.8. The first kappa shape index (κ1) is 18.6. The van der Waals surface area contributed by atoms with E-state index in [4.69, 9.17) is 13.9 Å². The minimum Gasteiger partial charge on any atom is -0.477 e. The molecule has 28 heavy (non-hydrogen) atoms. The van der Waals surface area contributed by atoms with E-state index in [-0.39, 0.29) is 17.8 Å². The Kier molecular flexibility index (Phi) is 5.65. The Bertz CT molecular complexity index is 993. The van der Waals surface area contributed by atoms with E-state index in [9.17, 15) is 9.59 Å². The van der Waals surface area contributed by atoms with Crippen molar-refractivity contribution in [2.75, 3.05) is 38.2 Å². The summed E-state index contributed by atoms with van der Waals surface area (Å²) in [7, 11) is 0. The highest BCUT2D eigenvalue weighted by molar-refractivity contribution is 7.22. The zero-order valence-electron chi connectivity index (χ0n) is 15.1. The standard InChI is InChI=1S/C19H19N3O5S/c23-15-9-13(10-22-5-7-25-8-6-22)26-11-16(15)27-12-18(24)21-19-20-14-3-1-2-4-17(14)28-19/h1-4,9,11H,5-8,10,12H2,(H,20,21,24). The molecule has 1 N–H and O–H groups in total. The number of aromatic nitrogens is 1. The van der Waals surface area contributed by atoms with Crippen LogP contribution in [0.3, 0.4) is 0 Å². The molecule has 1 aromatic carbocycles. The minimum atomic E-state index is -0.393. The highest BCUT2D eigenvalue weighted by atomic mass is 32.1. The molecule has 0 spiro atoms. The van der Waals surface area contributed by atoms with Gasteiger partial charge in [-0.2, -0.15) is 0 Å². The molecule has 0 bridgehead atoms. The van der Waals surface area contributed by atoms with Gasteiger partial charge in [0.25, 0.3) is 5.91 Å². The van der Waals surface area contributed by atoms with Crippen molar-refractivity contribution in [3.05, 3.63) is 52.6 Å². The molecular formula is C19H19N3O5S. The van der Waals surface area contributed by atoms with Gasteiger partial charge in [-0.15, -0.1) is 0 Å². The lowest BCUT2D eigenvalue weighted by Crippen LogP contribution is -2.35. The van der Waals surface area contributed by atoms with Crippen LogP contribution in [0.5, 0.6) is 5.75 Å². The molecule has 0 atom stereocenters. The number of nitrogens with zero attached hydrogens (tertiary/aromatic N) is 2. The van der Waals surface area contributed by atoms with Crippen molar-refractivity contribution in [3.8, 4) is 5.75 Å². The molecule has 3 heterocycles. The van der Waals surface area contributed by atoms with Gasteiger partial charge in [0.15, 0.2) is 11.7 Å². The molecule has 1 amide bonds. The fourth-order valence-electron chi connectivity index (χ4n) is 2.83. The van der Waals surface area contributed by atoms with Crippen molar-refractivity contribution in [1.29, 1.82) is 0 Å². The Morgan fingerprint density at radius 2 is 2.11 bits per heavy atom. The van der Waals surface area contributed by atoms with Crippen LogP contribution in [0.1, 0.15) is 5.76 Å². The number of hydrogen-bond donors (Lipinski definition) is 1. The quantitative estimate of drug-likeness (QED) is 0.676. The van der Waals surface area contributed by atoms with Crippen molar-refractivity contribution in [2.45, 2.75) is 6.54 Å². The third kappa shape index (κ3) is 4.56. The number of benzene rings is 1. The molecule has 1 aliphatic heterocycles. The number of hydrogen-bond acceptors (Lipinski definition) is 8. The van der Waals surface area contributed by atoms with Crippen LogP contribution in [0, 0.1) is 0 Å². The van der Waals surface area contributed by atoms with E-state index in [0.29, 0.717) is 30.7 Å². The van der Waals surface area contributed by atoms with E-state index in [0.717, 1.165) is 23.3 Å². The van der Waals surface area contributed by atoms with Gasteiger partial charge >= 0.3 is 0 Å². The smallest absolute Gasteiger partial charge is 0.264 e. The molecule has 146 valence electrons. The maximum atomic E-state index is 12.2. The Balaban J connectivity index is 1.32. The van der Waals surface area contributed by atoms with Crippen molar-refractivity contribution in [2.24, 2.45) is 0 Å². The predicted octanol–water partition coefficient (Wildman–Crippen LogP) is 2.10. The Morgan fingerprint density at radius 3 is 2.89 bits per heavy atom. The summed E-state index contributed by atoms with van der Waals surface area (Å²) in [6, 6.07) is 9.01. The van der Waals surface area contributed by atoms with E-state index in [1.54, 1.807) is 0 Å². The number of rotatable bonds is 6. The van der Waals surface area contributed by atoms with Gasteiger partial charge in [0.1, 0.15) is 12.0 Å². The maximum absolute atomic E-state index is 12.2. The summed E-state index contributed by atoms with van der Waals surface area (Å²) >= 11 is 1.38. The zero-order valence-corrected chi connectivity index (χ0v) is 15.9. The molecule has 9 heteroatoms. The number of fused-ring (bicyclic) bond motifs is 1. The second-order valence-electron chi connectivity index (χ2n) is 6.29. The SMILES string of the molecule is O=C(COc1coc(CN2CCOCC2)cc1=O)Nc1nc2ccccc2s1. The molecule has 8 nitrogen and oxygen atoms in total. The van der Waals surface area contributed by atoms with Crippen molar-refractivity contribution >= 4 is 32.6 Å². The van der Waals surface area contributed by atoms with E-state index in [1.807, 2.05) is 24.3 Å². The van der Waals surface area contributed by atoms with E-state index >= 15 is 0 Å². The second-order valence-corrected chi connectivity index (χ2v) is 7.32. The third-order valence-corrected chi connectivity index (χ3v) is 5.19. The topological polar surface area (TPSA) is 93.9 Å². The van der Waals surface area contributed by atoms with Crippen LogP contribution in [-0.4, -0.2) is 48.7 Å². The number of para-hydroxylation sites is 1. The number of thiazole rings is 1. The summed E-state index contributed by atoms with van der Waals surface area (Å²) in [5.41, 5.74) is 0.502. The van der Waals surface area contributed by atoms with Gasteiger partial charge in [-0.1, -0.05) is 23.5 Å². The Morgan fingerprint density at radius 1 is 1.29 bits per heavy atom. The molecule has 3 aromatic rings. The molecular weight excluding hydrogens is 382 g/mol. The molecule has 0 saturated carbocycles. The molecule has 1 aliphatic rings. The summed E-state index contributed by atoms with van der Waals surface area (Å²) in [6.07, 6.45) is 1.25. The fourth-order valence-corrected chi connectivity index (χ4v) is 3.71. The third-order valence-electron chi connectivity index (χ3n) is 4.23. The summed E-state index contributed by atoms with van der Waals surface area (Å²) in [5.74, 6) is 0.166. The lowest BCUT2D eigenvalue weighted by molar-refractivity contribution is -0.118. The average molecular weight is 401 g/mol. The molecule has 0 unspecified atom stereocenters. The van der Waals surface area contributed by atoms with Crippen molar-refractivity contribution in [1.82, 2.24) is 9.88 Å². The van der Waals surface area contributed by atoms with Crippen LogP contribution in [-0.2, 0) is 16.1 Å². The predicted molar refractivity (Wildman–Crippen MR) is 105 cm³/mol. The largest absolute Gasteiger partial charge is 0.477 e. The maximum Gasteiger partial charge on any atom is 0.264 e. The summed E-state index contributed by atoms with van der Waals surface area (Å²) in [5, 5.41) is 3.17. The lowest BCUT2D eigenvalue weighted by atomic mass is 10.3. The lowest BCUT2D eigenvalue weighted by Gasteiger charge is -2.25. The number of nitrogens with one attached hydrogen (secondary N) is 1. The fraction of sp³-hybridized carbons (Fsp3) is 0.316. The van der Waals surface area contributed by atoms with Gasteiger partial charge in [-0.05, 0) is 12.1 Å². The van der Waals surface area contributed by atoms with E-state index in [1.165, 1.54) is 23.7 Å². The van der Waals surface area contributed by atoms with Crippen molar-refractivity contribution < 1.29 is 18.7 Å². The Labute approximate surface area is 164 Å². The highest BCUT2D eigenvalue weighted by Gasteiger charge is 2.14. The van der Waals surface area contributed by atoms with Crippen LogP contribution in [0.4, 0.5) is 5.13 Å². The number of carbonyl (C=O) groups is 1. The summed E-state index contributed by atoms with van der Waals surface area (Å²) < 4.78 is 17.1. The first-order valence-corrected chi connectivity index (χ1v) is 9.69. The monoisotopic (exact) mass is 401 g/mol. The number of amides is 1. The number of carbonyl (C=O) groups excluding carboxylic acids is 1. The molecule has 0 aliphatic carbocycles. The van der Waals surface area contributed by atoms with Crippen LogP contribution in [0.15, 0.2) is 45.8 Å². The minimum absolute atomic E-state index is 0.00479. The van der Waals surface area contributed by atoms with E-state index in [2.05, 4.69) is 15.2 Å². The molecule has 4 rings (SSSR count). The van der Waals surface area contributed by atoms with Gasteiger partial charge in [0.2, 0.25) is 11.2 Å². The van der Waals surface area contributed by atoms with Crippen LogP contribution < -0.4 is 15.5 Å². The van der Waals surface area contributed by atoms with Gasteiger partial charge in [-0.25, -0.2) is 4.98 Å². The number of morpholine rings is 1. The average Bonchev–Trinajstić information content (AvgIpc) is 3.10. The molecule has 1 fully saturated rings.